The van der Waals surface area contributed by atoms with Crippen LogP contribution in [0, 0.1) is 0 Å². The van der Waals surface area contributed by atoms with Crippen LogP contribution in [0.2, 0.25) is 0 Å². The van der Waals surface area contributed by atoms with Crippen molar-refractivity contribution in [2.75, 3.05) is 21.3 Å². The summed E-state index contributed by atoms with van der Waals surface area (Å²) in [5.41, 5.74) is 1.54. The van der Waals surface area contributed by atoms with Gasteiger partial charge in [0.05, 0.1) is 26.8 Å². The van der Waals surface area contributed by atoms with Crippen molar-refractivity contribution < 1.29 is 24.1 Å². The first-order valence-corrected chi connectivity index (χ1v) is 7.65. The molecule has 2 aromatic carbocycles. The van der Waals surface area contributed by atoms with Crippen molar-refractivity contribution in [1.29, 1.82) is 0 Å². The average molecular weight is 341 g/mol. The van der Waals surface area contributed by atoms with Crippen LogP contribution in [0.5, 0.6) is 28.7 Å². The van der Waals surface area contributed by atoms with E-state index in [1.54, 1.807) is 51.8 Å². The van der Waals surface area contributed by atoms with Gasteiger partial charge in [0, 0.05) is 17.6 Å². The van der Waals surface area contributed by atoms with Crippen LogP contribution in [-0.4, -0.2) is 31.4 Å². The Morgan fingerprint density at radius 3 is 2.28 bits per heavy atom. The van der Waals surface area contributed by atoms with Gasteiger partial charge in [-0.2, -0.15) is 0 Å². The molecule has 0 fully saturated rings. The number of methoxy groups -OCH3 is 3. The van der Waals surface area contributed by atoms with Gasteiger partial charge >= 0.3 is 0 Å². The maximum atomic E-state index is 9.81. The van der Waals surface area contributed by atoms with Gasteiger partial charge < -0.3 is 24.1 Å². The number of nitrogens with zero attached hydrogens (tertiary/aromatic N) is 1. The molecule has 0 aliphatic heterocycles. The van der Waals surface area contributed by atoms with E-state index >= 15 is 0 Å². The minimum absolute atomic E-state index is 0.196. The van der Waals surface area contributed by atoms with Gasteiger partial charge in [-0.15, -0.1) is 0 Å². The molecule has 0 aliphatic rings. The zero-order chi connectivity index (χ0) is 17.8. The molecule has 0 saturated heterocycles. The largest absolute Gasteiger partial charge is 0.507 e. The Bertz CT molecular complexity index is 869. The molecule has 1 heterocycles. The lowest BCUT2D eigenvalue weighted by molar-refractivity contribution is 0.299. The molecule has 0 unspecified atom stereocenters. The first-order chi connectivity index (χ1) is 12.2. The lowest BCUT2D eigenvalue weighted by Gasteiger charge is -2.14. The predicted molar refractivity (Wildman–Crippen MR) is 93.8 cm³/mol. The molecule has 1 aromatic heterocycles. The van der Waals surface area contributed by atoms with Crippen LogP contribution in [0.3, 0.4) is 0 Å². The fourth-order valence-electron chi connectivity index (χ4n) is 2.59. The molecule has 0 amide bonds. The Balaban J connectivity index is 1.84. The summed E-state index contributed by atoms with van der Waals surface area (Å²) in [4.78, 5) is 4.24. The SMILES string of the molecule is COc1cc(COc2ccc3c(O)ccnc3c2)cc(OC)c1OC. The summed E-state index contributed by atoms with van der Waals surface area (Å²) in [7, 11) is 4.71. The molecule has 0 aliphatic carbocycles. The normalized spacial score (nSPS) is 10.5. The van der Waals surface area contributed by atoms with E-state index in [4.69, 9.17) is 18.9 Å². The number of ether oxygens (including phenoxy) is 4. The molecule has 130 valence electrons. The van der Waals surface area contributed by atoms with Gasteiger partial charge in [0.25, 0.3) is 0 Å². The highest BCUT2D eigenvalue weighted by atomic mass is 16.5. The van der Waals surface area contributed by atoms with Crippen molar-refractivity contribution in [3.8, 4) is 28.7 Å². The van der Waals surface area contributed by atoms with E-state index in [1.165, 1.54) is 0 Å². The van der Waals surface area contributed by atoms with E-state index in [-0.39, 0.29) is 5.75 Å². The lowest BCUT2D eigenvalue weighted by atomic mass is 10.2. The highest BCUT2D eigenvalue weighted by Gasteiger charge is 2.13. The number of benzene rings is 2. The monoisotopic (exact) mass is 341 g/mol. The Kier molecular flexibility index (Phi) is 4.79. The molecule has 0 saturated carbocycles. The summed E-state index contributed by atoms with van der Waals surface area (Å²) in [6.07, 6.45) is 1.56. The first kappa shape index (κ1) is 16.7. The Morgan fingerprint density at radius 1 is 0.920 bits per heavy atom. The molecule has 0 spiro atoms. The number of hydrogen-bond acceptors (Lipinski definition) is 6. The number of pyridine rings is 1. The molecular formula is C19H19NO5. The first-order valence-electron chi connectivity index (χ1n) is 7.65. The summed E-state index contributed by atoms with van der Waals surface area (Å²) < 4.78 is 21.8. The summed E-state index contributed by atoms with van der Waals surface area (Å²) in [5.74, 6) is 2.54. The molecule has 25 heavy (non-hydrogen) atoms. The van der Waals surface area contributed by atoms with Crippen LogP contribution in [0.25, 0.3) is 10.9 Å². The topological polar surface area (TPSA) is 70.0 Å². The van der Waals surface area contributed by atoms with Crippen molar-refractivity contribution in [3.63, 3.8) is 0 Å². The number of aromatic nitrogens is 1. The van der Waals surface area contributed by atoms with Gasteiger partial charge in [-0.1, -0.05) is 0 Å². The van der Waals surface area contributed by atoms with E-state index in [0.717, 1.165) is 5.56 Å². The van der Waals surface area contributed by atoms with Crippen molar-refractivity contribution in [3.05, 3.63) is 48.2 Å². The third-order valence-electron chi connectivity index (χ3n) is 3.82. The molecule has 6 nitrogen and oxygen atoms in total. The predicted octanol–water partition coefficient (Wildman–Crippen LogP) is 3.55. The van der Waals surface area contributed by atoms with Crippen LogP contribution in [0.4, 0.5) is 0 Å². The molecule has 0 bridgehead atoms. The van der Waals surface area contributed by atoms with Crippen LogP contribution in [-0.2, 0) is 6.61 Å². The summed E-state index contributed by atoms with van der Waals surface area (Å²) >= 11 is 0. The average Bonchev–Trinajstić information content (AvgIpc) is 2.65. The Hall–Kier alpha value is -3.15. The number of aromatic hydroxyl groups is 1. The molecule has 3 rings (SSSR count). The van der Waals surface area contributed by atoms with E-state index in [1.807, 2.05) is 12.1 Å². The quantitative estimate of drug-likeness (QED) is 0.739. The third kappa shape index (κ3) is 3.38. The molecular weight excluding hydrogens is 322 g/mol. The van der Waals surface area contributed by atoms with E-state index < -0.39 is 0 Å². The van der Waals surface area contributed by atoms with Gasteiger partial charge in [0.15, 0.2) is 11.5 Å². The second-order valence-corrected chi connectivity index (χ2v) is 5.33. The van der Waals surface area contributed by atoms with Gasteiger partial charge in [-0.05, 0) is 35.9 Å². The second kappa shape index (κ2) is 7.17. The minimum atomic E-state index is 0.196. The fourth-order valence-corrected chi connectivity index (χ4v) is 2.59. The maximum Gasteiger partial charge on any atom is 0.203 e. The highest BCUT2D eigenvalue weighted by Crippen LogP contribution is 2.38. The molecule has 6 heteroatoms. The van der Waals surface area contributed by atoms with E-state index in [0.29, 0.717) is 40.5 Å². The van der Waals surface area contributed by atoms with Crippen molar-refractivity contribution in [1.82, 2.24) is 4.98 Å². The van der Waals surface area contributed by atoms with Gasteiger partial charge in [0.1, 0.15) is 18.1 Å². The van der Waals surface area contributed by atoms with E-state index in [2.05, 4.69) is 4.98 Å². The Labute approximate surface area is 145 Å². The molecule has 0 atom stereocenters. The molecule has 1 N–H and O–H groups in total. The number of rotatable bonds is 6. The second-order valence-electron chi connectivity index (χ2n) is 5.33. The Morgan fingerprint density at radius 2 is 1.64 bits per heavy atom. The van der Waals surface area contributed by atoms with Crippen molar-refractivity contribution in [2.24, 2.45) is 0 Å². The van der Waals surface area contributed by atoms with Gasteiger partial charge in [0.2, 0.25) is 5.75 Å². The molecule has 0 radical (unpaired) electrons. The van der Waals surface area contributed by atoms with Crippen LogP contribution < -0.4 is 18.9 Å². The third-order valence-corrected chi connectivity index (χ3v) is 3.82. The fraction of sp³-hybridized carbons (Fsp3) is 0.211. The van der Waals surface area contributed by atoms with Crippen LogP contribution in [0.15, 0.2) is 42.6 Å². The van der Waals surface area contributed by atoms with Crippen LogP contribution in [0.1, 0.15) is 5.56 Å². The highest BCUT2D eigenvalue weighted by molar-refractivity contribution is 5.85. The summed E-state index contributed by atoms with van der Waals surface area (Å²) in [6.45, 7) is 0.320. The standard InChI is InChI=1S/C19H19NO5/c1-22-17-8-12(9-18(23-2)19(17)24-3)11-25-13-4-5-14-15(10-13)20-7-6-16(14)21/h4-10H,11H2,1-3H3,(H,20,21). The smallest absolute Gasteiger partial charge is 0.203 e. The summed E-state index contributed by atoms with van der Waals surface area (Å²) in [6, 6.07) is 10.6. The maximum absolute atomic E-state index is 9.81. The van der Waals surface area contributed by atoms with E-state index in [9.17, 15) is 5.11 Å². The van der Waals surface area contributed by atoms with Crippen molar-refractivity contribution in [2.45, 2.75) is 6.61 Å². The van der Waals surface area contributed by atoms with Crippen LogP contribution >= 0.6 is 0 Å². The van der Waals surface area contributed by atoms with Gasteiger partial charge in [-0.25, -0.2) is 0 Å². The lowest BCUT2D eigenvalue weighted by Crippen LogP contribution is -2.00. The summed E-state index contributed by atoms with van der Waals surface area (Å²) in [5, 5.41) is 10.5. The van der Waals surface area contributed by atoms with Gasteiger partial charge in [-0.3, -0.25) is 4.98 Å². The minimum Gasteiger partial charge on any atom is -0.507 e. The number of fused-ring (bicyclic) bond motifs is 1. The number of hydrogen-bond donors (Lipinski definition) is 1. The molecule has 3 aromatic rings. The zero-order valence-corrected chi connectivity index (χ0v) is 14.3. The van der Waals surface area contributed by atoms with Crippen molar-refractivity contribution >= 4 is 10.9 Å². The zero-order valence-electron chi connectivity index (χ0n) is 14.3.